The van der Waals surface area contributed by atoms with E-state index >= 15 is 0 Å². The fourth-order valence-electron chi connectivity index (χ4n) is 1.36. The number of nitrogens with zero attached hydrogens (tertiary/aromatic N) is 4. The van der Waals surface area contributed by atoms with E-state index in [0.29, 0.717) is 5.52 Å². The summed E-state index contributed by atoms with van der Waals surface area (Å²) in [5, 5.41) is 18.6. The molecule has 88 valence electrons. The fraction of sp³-hybridized carbons (Fsp3) is 0.222. The number of nitro benzene ring substituents is 1. The van der Waals surface area contributed by atoms with Crippen molar-refractivity contribution >= 4 is 22.7 Å². The fourth-order valence-corrected chi connectivity index (χ4v) is 1.36. The van der Waals surface area contributed by atoms with E-state index < -0.39 is 10.9 Å². The van der Waals surface area contributed by atoms with E-state index in [9.17, 15) is 14.9 Å². The van der Waals surface area contributed by atoms with Crippen LogP contribution in [0.1, 0.15) is 0 Å². The zero-order chi connectivity index (χ0) is 12.4. The van der Waals surface area contributed by atoms with E-state index in [-0.39, 0.29) is 17.7 Å². The summed E-state index contributed by atoms with van der Waals surface area (Å²) in [5.41, 5.74) is 0.378. The summed E-state index contributed by atoms with van der Waals surface area (Å²) >= 11 is 0. The molecule has 1 aromatic carbocycles. The van der Waals surface area contributed by atoms with E-state index in [0.717, 1.165) is 4.80 Å². The summed E-state index contributed by atoms with van der Waals surface area (Å²) in [4.78, 5) is 22.3. The Morgan fingerprint density at radius 1 is 1.53 bits per heavy atom. The molecule has 0 aliphatic heterocycles. The third-order valence-corrected chi connectivity index (χ3v) is 2.13. The van der Waals surface area contributed by atoms with Crippen molar-refractivity contribution in [3.05, 3.63) is 28.3 Å². The van der Waals surface area contributed by atoms with E-state index in [1.54, 1.807) is 6.07 Å². The van der Waals surface area contributed by atoms with Gasteiger partial charge in [0.15, 0.2) is 12.1 Å². The summed E-state index contributed by atoms with van der Waals surface area (Å²) in [7, 11) is 1.24. The first-order chi connectivity index (χ1) is 8.11. The average molecular weight is 236 g/mol. The molecule has 0 saturated heterocycles. The molecule has 0 unspecified atom stereocenters. The molecule has 0 bridgehead atoms. The number of methoxy groups -OCH3 is 1. The van der Waals surface area contributed by atoms with Gasteiger partial charge in [0, 0.05) is 6.07 Å². The molecule has 8 nitrogen and oxygen atoms in total. The van der Waals surface area contributed by atoms with Crippen LogP contribution in [0.2, 0.25) is 0 Å². The minimum Gasteiger partial charge on any atom is -0.468 e. The number of rotatable bonds is 3. The standard InChI is InChI=1S/C9H8N4O4/c1-17-8(14)5-12-10-6-3-2-4-7(13(15)16)9(6)11-12/h2-4H,5H2,1H3. The summed E-state index contributed by atoms with van der Waals surface area (Å²) in [5.74, 6) is -0.520. The number of hydrogen-bond acceptors (Lipinski definition) is 6. The Morgan fingerprint density at radius 2 is 2.29 bits per heavy atom. The minimum atomic E-state index is -0.542. The first-order valence-corrected chi connectivity index (χ1v) is 4.67. The Kier molecular flexibility index (Phi) is 2.69. The van der Waals surface area contributed by atoms with Gasteiger partial charge < -0.3 is 4.74 Å². The highest BCUT2D eigenvalue weighted by atomic mass is 16.6. The van der Waals surface area contributed by atoms with Gasteiger partial charge >= 0.3 is 5.97 Å². The molecule has 1 aromatic heterocycles. The molecule has 0 atom stereocenters. The largest absolute Gasteiger partial charge is 0.468 e. The molecular formula is C9H8N4O4. The molecule has 0 N–H and O–H groups in total. The van der Waals surface area contributed by atoms with Crippen molar-refractivity contribution in [2.45, 2.75) is 6.54 Å². The molecule has 0 spiro atoms. The second kappa shape index (κ2) is 4.16. The molecule has 0 aliphatic carbocycles. The molecule has 0 radical (unpaired) electrons. The number of carbonyl (C=O) groups excluding carboxylic acids is 1. The number of nitro groups is 1. The lowest BCUT2D eigenvalue weighted by Crippen LogP contribution is -2.13. The highest BCUT2D eigenvalue weighted by Gasteiger charge is 2.16. The molecule has 0 amide bonds. The Hall–Kier alpha value is -2.51. The van der Waals surface area contributed by atoms with Crippen LogP contribution in [0.3, 0.4) is 0 Å². The molecular weight excluding hydrogens is 228 g/mol. The third-order valence-electron chi connectivity index (χ3n) is 2.13. The second-order valence-corrected chi connectivity index (χ2v) is 3.21. The minimum absolute atomic E-state index is 0.140. The lowest BCUT2D eigenvalue weighted by atomic mass is 10.3. The quantitative estimate of drug-likeness (QED) is 0.437. The van der Waals surface area contributed by atoms with Crippen LogP contribution in [0.5, 0.6) is 0 Å². The van der Waals surface area contributed by atoms with Gasteiger partial charge in [0.1, 0.15) is 5.52 Å². The van der Waals surface area contributed by atoms with Crippen LogP contribution < -0.4 is 0 Å². The average Bonchev–Trinajstić information content (AvgIpc) is 2.70. The number of non-ortho nitro benzene ring substituents is 1. The van der Waals surface area contributed by atoms with Crippen LogP contribution in [-0.4, -0.2) is 33.0 Å². The molecule has 17 heavy (non-hydrogen) atoms. The summed E-state index contributed by atoms with van der Waals surface area (Å²) < 4.78 is 4.45. The van der Waals surface area contributed by atoms with E-state index in [2.05, 4.69) is 14.9 Å². The normalized spacial score (nSPS) is 10.4. The Labute approximate surface area is 94.9 Å². The number of hydrogen-bond donors (Lipinski definition) is 0. The SMILES string of the molecule is COC(=O)Cn1nc2cccc([N+](=O)[O-])c2n1. The maximum absolute atomic E-state index is 11.0. The Bertz CT molecular complexity index is 592. The van der Waals surface area contributed by atoms with Crippen LogP contribution in [-0.2, 0) is 16.1 Å². The number of aromatic nitrogens is 3. The van der Waals surface area contributed by atoms with Gasteiger partial charge in [-0.2, -0.15) is 9.90 Å². The molecule has 1 heterocycles. The van der Waals surface area contributed by atoms with Gasteiger partial charge in [-0.05, 0) is 6.07 Å². The van der Waals surface area contributed by atoms with Crippen LogP contribution >= 0.6 is 0 Å². The Balaban J connectivity index is 2.46. The van der Waals surface area contributed by atoms with Crippen molar-refractivity contribution in [3.63, 3.8) is 0 Å². The Morgan fingerprint density at radius 3 is 2.94 bits per heavy atom. The highest BCUT2D eigenvalue weighted by molar-refractivity contribution is 5.83. The number of ether oxygens (including phenoxy) is 1. The van der Waals surface area contributed by atoms with Gasteiger partial charge in [-0.15, -0.1) is 5.10 Å². The first-order valence-electron chi connectivity index (χ1n) is 4.67. The molecule has 0 aliphatic rings. The smallest absolute Gasteiger partial charge is 0.329 e. The first kappa shape index (κ1) is 11.0. The maximum Gasteiger partial charge on any atom is 0.329 e. The summed E-state index contributed by atoms with van der Waals surface area (Å²) in [6, 6.07) is 4.43. The number of benzene rings is 1. The van der Waals surface area contributed by atoms with Crippen molar-refractivity contribution in [1.29, 1.82) is 0 Å². The maximum atomic E-state index is 11.0. The molecule has 2 aromatic rings. The predicted octanol–water partition coefficient (Wildman–Crippen LogP) is 0.512. The molecule has 0 fully saturated rings. The molecule has 0 saturated carbocycles. The molecule has 8 heteroatoms. The van der Waals surface area contributed by atoms with Crippen molar-refractivity contribution in [2.24, 2.45) is 0 Å². The van der Waals surface area contributed by atoms with Crippen LogP contribution in [0.15, 0.2) is 18.2 Å². The van der Waals surface area contributed by atoms with Crippen LogP contribution in [0.4, 0.5) is 5.69 Å². The predicted molar refractivity (Wildman–Crippen MR) is 56.2 cm³/mol. The highest BCUT2D eigenvalue weighted by Crippen LogP contribution is 2.21. The number of fused-ring (bicyclic) bond motifs is 1. The topological polar surface area (TPSA) is 100 Å². The second-order valence-electron chi connectivity index (χ2n) is 3.21. The zero-order valence-corrected chi connectivity index (χ0v) is 8.86. The van der Waals surface area contributed by atoms with E-state index in [4.69, 9.17) is 0 Å². The molecule has 2 rings (SSSR count). The van der Waals surface area contributed by atoms with Gasteiger partial charge in [-0.3, -0.25) is 10.1 Å². The van der Waals surface area contributed by atoms with Gasteiger partial charge in [0.25, 0.3) is 5.69 Å². The monoisotopic (exact) mass is 236 g/mol. The summed E-state index contributed by atoms with van der Waals surface area (Å²) in [6.45, 7) is -0.178. The zero-order valence-electron chi connectivity index (χ0n) is 8.86. The third kappa shape index (κ3) is 2.05. The number of esters is 1. The van der Waals surface area contributed by atoms with E-state index in [1.807, 2.05) is 0 Å². The van der Waals surface area contributed by atoms with Gasteiger partial charge in [-0.1, -0.05) is 6.07 Å². The number of carbonyl (C=O) groups is 1. The van der Waals surface area contributed by atoms with Gasteiger partial charge in [0.05, 0.1) is 12.0 Å². The lowest BCUT2D eigenvalue weighted by molar-refractivity contribution is -0.383. The van der Waals surface area contributed by atoms with Gasteiger partial charge in [0.2, 0.25) is 0 Å². The summed E-state index contributed by atoms with van der Waals surface area (Å²) in [6.07, 6.45) is 0. The van der Waals surface area contributed by atoms with Crippen molar-refractivity contribution in [2.75, 3.05) is 7.11 Å². The van der Waals surface area contributed by atoms with Gasteiger partial charge in [-0.25, -0.2) is 4.79 Å². The van der Waals surface area contributed by atoms with Crippen molar-refractivity contribution in [1.82, 2.24) is 15.0 Å². The van der Waals surface area contributed by atoms with Crippen molar-refractivity contribution < 1.29 is 14.5 Å². The van der Waals surface area contributed by atoms with Crippen molar-refractivity contribution in [3.8, 4) is 0 Å². The van der Waals surface area contributed by atoms with E-state index in [1.165, 1.54) is 19.2 Å². The van der Waals surface area contributed by atoms with Crippen LogP contribution in [0.25, 0.3) is 11.0 Å². The van der Waals surface area contributed by atoms with Crippen LogP contribution in [0, 0.1) is 10.1 Å². The lowest BCUT2D eigenvalue weighted by Gasteiger charge is -1.95.